The number of aryl methyl sites for hydroxylation is 1. The molecule has 1 rings (SSSR count). The van der Waals surface area contributed by atoms with Gasteiger partial charge in [0.15, 0.2) is 0 Å². The van der Waals surface area contributed by atoms with Crippen LogP contribution in [0.2, 0.25) is 0 Å². The van der Waals surface area contributed by atoms with Crippen LogP contribution in [0.1, 0.15) is 49.2 Å². The van der Waals surface area contributed by atoms with E-state index in [1.54, 1.807) is 0 Å². The smallest absolute Gasteiger partial charge is 0.254 e. The van der Waals surface area contributed by atoms with E-state index in [2.05, 4.69) is 27.7 Å². The highest BCUT2D eigenvalue weighted by molar-refractivity contribution is 5.96. The molecule has 0 unspecified atom stereocenters. The molecule has 0 heterocycles. The van der Waals surface area contributed by atoms with E-state index in [0.717, 1.165) is 11.1 Å². The van der Waals surface area contributed by atoms with E-state index < -0.39 is 0 Å². The third-order valence-corrected chi connectivity index (χ3v) is 3.18. The monoisotopic (exact) mass is 233 g/mol. The predicted molar refractivity (Wildman–Crippen MR) is 72.4 cm³/mol. The highest BCUT2D eigenvalue weighted by Gasteiger charge is 2.22. The molecule has 2 heteroatoms. The number of carbonyl (C=O) groups excluding carboxylic acids is 1. The van der Waals surface area contributed by atoms with E-state index in [-0.39, 0.29) is 18.0 Å². The molecule has 0 aromatic heterocycles. The van der Waals surface area contributed by atoms with Crippen molar-refractivity contribution in [2.24, 2.45) is 0 Å². The van der Waals surface area contributed by atoms with Crippen LogP contribution in [0.25, 0.3) is 0 Å². The van der Waals surface area contributed by atoms with Crippen molar-refractivity contribution >= 4 is 5.91 Å². The highest BCUT2D eigenvalue weighted by Crippen LogP contribution is 2.18. The van der Waals surface area contributed by atoms with Gasteiger partial charge in [0, 0.05) is 17.6 Å². The molecule has 1 amide bonds. The summed E-state index contributed by atoms with van der Waals surface area (Å²) in [6.07, 6.45) is 0. The summed E-state index contributed by atoms with van der Waals surface area (Å²) in [6, 6.07) is 6.36. The zero-order valence-corrected chi connectivity index (χ0v) is 11.7. The van der Waals surface area contributed by atoms with Gasteiger partial charge < -0.3 is 4.90 Å². The summed E-state index contributed by atoms with van der Waals surface area (Å²) in [7, 11) is 0. The third-order valence-electron chi connectivity index (χ3n) is 3.18. The maximum Gasteiger partial charge on any atom is 0.254 e. The number of nitrogens with zero attached hydrogens (tertiary/aromatic N) is 1. The molecular weight excluding hydrogens is 210 g/mol. The van der Waals surface area contributed by atoms with Gasteiger partial charge in [0.1, 0.15) is 0 Å². The number of rotatable bonds is 3. The van der Waals surface area contributed by atoms with Crippen LogP contribution in [-0.2, 0) is 0 Å². The minimum Gasteiger partial charge on any atom is -0.334 e. The Morgan fingerprint density at radius 3 is 2.06 bits per heavy atom. The van der Waals surface area contributed by atoms with Gasteiger partial charge in [-0.05, 0) is 58.7 Å². The number of hydrogen-bond acceptors (Lipinski definition) is 1. The lowest BCUT2D eigenvalue weighted by Crippen LogP contribution is -2.42. The van der Waals surface area contributed by atoms with E-state index in [4.69, 9.17) is 0 Å². The first kappa shape index (κ1) is 13.8. The fourth-order valence-electron chi connectivity index (χ4n) is 2.19. The zero-order chi connectivity index (χ0) is 13.2. The molecule has 0 fully saturated rings. The maximum absolute atomic E-state index is 12.5. The number of amides is 1. The van der Waals surface area contributed by atoms with Gasteiger partial charge in [-0.3, -0.25) is 4.79 Å². The average molecular weight is 233 g/mol. The average Bonchev–Trinajstić information content (AvgIpc) is 2.20. The zero-order valence-electron chi connectivity index (χ0n) is 11.7. The van der Waals surface area contributed by atoms with Crippen LogP contribution in [0.15, 0.2) is 18.2 Å². The summed E-state index contributed by atoms with van der Waals surface area (Å²) in [5.41, 5.74) is 3.08. The van der Waals surface area contributed by atoms with Crippen molar-refractivity contribution in [3.8, 4) is 0 Å². The molecule has 0 aliphatic carbocycles. The molecule has 94 valence electrons. The van der Waals surface area contributed by atoms with Gasteiger partial charge in [0.05, 0.1) is 0 Å². The van der Waals surface area contributed by atoms with Crippen molar-refractivity contribution in [3.05, 3.63) is 34.9 Å². The summed E-state index contributed by atoms with van der Waals surface area (Å²) in [5, 5.41) is 0. The molecule has 0 aliphatic rings. The van der Waals surface area contributed by atoms with Gasteiger partial charge in [-0.25, -0.2) is 0 Å². The van der Waals surface area contributed by atoms with Crippen molar-refractivity contribution in [1.82, 2.24) is 4.90 Å². The quantitative estimate of drug-likeness (QED) is 0.781. The fraction of sp³-hybridized carbons (Fsp3) is 0.533. The standard InChI is InChI=1S/C15H23NO/c1-10(2)16(11(3)4)15(17)14-9-7-8-12(5)13(14)6/h7-11H,1-6H3. The van der Waals surface area contributed by atoms with Gasteiger partial charge in [-0.1, -0.05) is 12.1 Å². The first-order valence-corrected chi connectivity index (χ1v) is 6.25. The van der Waals surface area contributed by atoms with Gasteiger partial charge in [0.25, 0.3) is 5.91 Å². The fourth-order valence-corrected chi connectivity index (χ4v) is 2.19. The second kappa shape index (κ2) is 5.35. The predicted octanol–water partition coefficient (Wildman–Crippen LogP) is 3.56. The van der Waals surface area contributed by atoms with E-state index >= 15 is 0 Å². The van der Waals surface area contributed by atoms with Crippen molar-refractivity contribution in [1.29, 1.82) is 0 Å². The SMILES string of the molecule is Cc1cccc(C(=O)N(C(C)C)C(C)C)c1C. The molecule has 1 aromatic carbocycles. The van der Waals surface area contributed by atoms with Crippen LogP contribution in [0.3, 0.4) is 0 Å². The molecule has 17 heavy (non-hydrogen) atoms. The lowest BCUT2D eigenvalue weighted by atomic mass is 10.0. The lowest BCUT2D eigenvalue weighted by Gasteiger charge is -2.31. The summed E-state index contributed by atoms with van der Waals surface area (Å²) < 4.78 is 0. The molecule has 0 atom stereocenters. The minimum absolute atomic E-state index is 0.135. The Balaban J connectivity index is 3.15. The van der Waals surface area contributed by atoms with E-state index in [9.17, 15) is 4.79 Å². The van der Waals surface area contributed by atoms with Crippen molar-refractivity contribution in [2.45, 2.75) is 53.6 Å². The maximum atomic E-state index is 12.5. The van der Waals surface area contributed by atoms with Gasteiger partial charge >= 0.3 is 0 Å². The Hall–Kier alpha value is -1.31. The van der Waals surface area contributed by atoms with Gasteiger partial charge in [0.2, 0.25) is 0 Å². The molecule has 0 bridgehead atoms. The largest absolute Gasteiger partial charge is 0.334 e. The van der Waals surface area contributed by atoms with Gasteiger partial charge in [-0.2, -0.15) is 0 Å². The Morgan fingerprint density at radius 2 is 1.59 bits per heavy atom. The van der Waals surface area contributed by atoms with Gasteiger partial charge in [-0.15, -0.1) is 0 Å². The van der Waals surface area contributed by atoms with Crippen LogP contribution in [0, 0.1) is 13.8 Å². The van der Waals surface area contributed by atoms with Crippen molar-refractivity contribution < 1.29 is 4.79 Å². The first-order chi connectivity index (χ1) is 7.86. The number of hydrogen-bond donors (Lipinski definition) is 0. The summed E-state index contributed by atoms with van der Waals surface area (Å²) >= 11 is 0. The van der Waals surface area contributed by atoms with Crippen LogP contribution >= 0.6 is 0 Å². The second-order valence-corrected chi connectivity index (χ2v) is 5.15. The summed E-state index contributed by atoms with van der Waals surface area (Å²) in [6.45, 7) is 12.3. The Bertz CT molecular complexity index is 399. The topological polar surface area (TPSA) is 20.3 Å². The molecule has 0 radical (unpaired) electrons. The Labute approximate surface area is 105 Å². The molecule has 2 nitrogen and oxygen atoms in total. The summed E-state index contributed by atoms with van der Waals surface area (Å²) in [5.74, 6) is 0.135. The molecule has 0 saturated carbocycles. The molecule has 0 N–H and O–H groups in total. The molecule has 1 aromatic rings. The molecule has 0 spiro atoms. The minimum atomic E-state index is 0.135. The van der Waals surface area contributed by atoms with E-state index in [1.807, 2.05) is 36.9 Å². The molecule has 0 aliphatic heterocycles. The van der Waals surface area contributed by atoms with Crippen molar-refractivity contribution in [3.63, 3.8) is 0 Å². The second-order valence-electron chi connectivity index (χ2n) is 5.15. The Kier molecular flexibility index (Phi) is 4.33. The Morgan fingerprint density at radius 1 is 1.06 bits per heavy atom. The van der Waals surface area contributed by atoms with Crippen LogP contribution in [-0.4, -0.2) is 22.9 Å². The van der Waals surface area contributed by atoms with Crippen LogP contribution in [0.5, 0.6) is 0 Å². The van der Waals surface area contributed by atoms with Crippen molar-refractivity contribution in [2.75, 3.05) is 0 Å². The highest BCUT2D eigenvalue weighted by atomic mass is 16.2. The molecule has 0 saturated heterocycles. The number of carbonyl (C=O) groups is 1. The third kappa shape index (κ3) is 2.87. The van der Waals surface area contributed by atoms with Crippen LogP contribution in [0.4, 0.5) is 0 Å². The first-order valence-electron chi connectivity index (χ1n) is 6.25. The van der Waals surface area contributed by atoms with E-state index in [1.165, 1.54) is 5.56 Å². The van der Waals surface area contributed by atoms with E-state index in [0.29, 0.717) is 0 Å². The lowest BCUT2D eigenvalue weighted by molar-refractivity contribution is 0.0643. The molecular formula is C15H23NO. The number of benzene rings is 1. The summed E-state index contributed by atoms with van der Waals surface area (Å²) in [4.78, 5) is 14.5. The van der Waals surface area contributed by atoms with Crippen LogP contribution < -0.4 is 0 Å². The normalized spacial score (nSPS) is 11.1.